The molecular formula is C22H37IN4O2. The van der Waals surface area contributed by atoms with Crippen LogP contribution < -0.4 is 10.6 Å². The van der Waals surface area contributed by atoms with Crippen molar-refractivity contribution in [1.29, 1.82) is 0 Å². The maximum absolute atomic E-state index is 6.13. The average Bonchev–Trinajstić information content (AvgIpc) is 2.77. The molecule has 0 bridgehead atoms. The third kappa shape index (κ3) is 7.70. The number of ether oxygens (including phenoxy) is 2. The third-order valence-electron chi connectivity index (χ3n) is 5.63. The lowest BCUT2D eigenvalue weighted by atomic mass is 9.89. The van der Waals surface area contributed by atoms with Crippen molar-refractivity contribution in [1.82, 2.24) is 15.5 Å². The van der Waals surface area contributed by atoms with E-state index in [4.69, 9.17) is 14.5 Å². The molecule has 2 fully saturated rings. The van der Waals surface area contributed by atoms with Crippen LogP contribution in [0.1, 0.15) is 38.4 Å². The first-order chi connectivity index (χ1) is 13.8. The number of guanidine groups is 1. The van der Waals surface area contributed by atoms with Crippen LogP contribution in [0.15, 0.2) is 35.3 Å². The number of halogens is 1. The van der Waals surface area contributed by atoms with Gasteiger partial charge in [-0.3, -0.25) is 9.89 Å². The number of aliphatic imine (C=N–C) groups is 1. The Bertz CT molecular complexity index is 596. The molecule has 0 amide bonds. The van der Waals surface area contributed by atoms with Gasteiger partial charge in [-0.25, -0.2) is 0 Å². The highest BCUT2D eigenvalue weighted by Crippen LogP contribution is 2.33. The van der Waals surface area contributed by atoms with Crippen molar-refractivity contribution in [3.8, 4) is 0 Å². The minimum Gasteiger partial charge on any atom is -0.379 e. The maximum Gasteiger partial charge on any atom is 0.191 e. The molecule has 2 aliphatic heterocycles. The lowest BCUT2D eigenvalue weighted by Gasteiger charge is -2.33. The van der Waals surface area contributed by atoms with E-state index in [0.717, 1.165) is 64.9 Å². The Labute approximate surface area is 192 Å². The van der Waals surface area contributed by atoms with E-state index < -0.39 is 0 Å². The normalized spacial score (nSPS) is 24.4. The van der Waals surface area contributed by atoms with Crippen molar-refractivity contribution >= 4 is 29.9 Å². The summed E-state index contributed by atoms with van der Waals surface area (Å²) in [7, 11) is 0. The smallest absolute Gasteiger partial charge is 0.191 e. The van der Waals surface area contributed by atoms with Crippen LogP contribution in [0.4, 0.5) is 0 Å². The zero-order valence-corrected chi connectivity index (χ0v) is 20.1. The van der Waals surface area contributed by atoms with Crippen LogP contribution in [0.25, 0.3) is 0 Å². The van der Waals surface area contributed by atoms with Gasteiger partial charge in [-0.05, 0) is 32.3 Å². The predicted molar refractivity (Wildman–Crippen MR) is 129 cm³/mol. The monoisotopic (exact) mass is 516 g/mol. The van der Waals surface area contributed by atoms with Gasteiger partial charge >= 0.3 is 0 Å². The van der Waals surface area contributed by atoms with Crippen LogP contribution in [-0.4, -0.2) is 69.4 Å². The summed E-state index contributed by atoms with van der Waals surface area (Å²) >= 11 is 0. The molecule has 0 radical (unpaired) electrons. The van der Waals surface area contributed by atoms with Crippen LogP contribution >= 0.6 is 24.0 Å². The van der Waals surface area contributed by atoms with E-state index in [1.807, 2.05) is 0 Å². The number of nitrogens with one attached hydrogen (secondary N) is 2. The molecule has 0 saturated carbocycles. The van der Waals surface area contributed by atoms with Gasteiger partial charge in [-0.2, -0.15) is 0 Å². The summed E-state index contributed by atoms with van der Waals surface area (Å²) in [6, 6.07) is 11.0. The molecule has 3 rings (SSSR count). The van der Waals surface area contributed by atoms with Gasteiger partial charge in [0.25, 0.3) is 0 Å². The minimum absolute atomic E-state index is 0. The Morgan fingerprint density at radius 3 is 2.66 bits per heavy atom. The fraction of sp³-hybridized carbons (Fsp3) is 0.682. The van der Waals surface area contributed by atoms with E-state index in [1.54, 1.807) is 0 Å². The van der Waals surface area contributed by atoms with Crippen molar-refractivity contribution in [2.75, 3.05) is 52.5 Å². The lowest BCUT2D eigenvalue weighted by molar-refractivity contribution is -0.0265. The number of morpholine rings is 1. The first-order valence-corrected chi connectivity index (χ1v) is 10.8. The van der Waals surface area contributed by atoms with Crippen LogP contribution in [0.5, 0.6) is 0 Å². The molecule has 7 heteroatoms. The third-order valence-corrected chi connectivity index (χ3v) is 5.63. The first kappa shape index (κ1) is 24.4. The van der Waals surface area contributed by atoms with Crippen molar-refractivity contribution in [2.24, 2.45) is 10.9 Å². The Kier molecular flexibility index (Phi) is 11.3. The molecular weight excluding hydrogens is 479 g/mol. The second-order valence-corrected chi connectivity index (χ2v) is 7.70. The van der Waals surface area contributed by atoms with Crippen molar-refractivity contribution < 1.29 is 9.47 Å². The van der Waals surface area contributed by atoms with E-state index in [0.29, 0.717) is 12.0 Å². The zero-order valence-electron chi connectivity index (χ0n) is 17.8. The van der Waals surface area contributed by atoms with Crippen molar-refractivity contribution in [3.63, 3.8) is 0 Å². The standard InChI is InChI=1S/C22H36N4O2.HI/c1-3-23-22(24-16-18(2)26-11-14-27-15-12-26)25-17-20-10-7-13-28-21(20)19-8-5-4-6-9-19;/h4-6,8-9,18,20-21H,3,7,10-17H2,1-2H3,(H2,23,24,25);1H. The number of nitrogens with zero attached hydrogens (tertiary/aromatic N) is 2. The second-order valence-electron chi connectivity index (χ2n) is 7.70. The van der Waals surface area contributed by atoms with Gasteiger partial charge in [0.1, 0.15) is 0 Å². The molecule has 2 aliphatic rings. The fourth-order valence-electron chi connectivity index (χ4n) is 3.99. The van der Waals surface area contributed by atoms with Crippen LogP contribution in [-0.2, 0) is 9.47 Å². The Hall–Kier alpha value is -0.900. The maximum atomic E-state index is 6.13. The molecule has 3 unspecified atom stereocenters. The highest BCUT2D eigenvalue weighted by atomic mass is 127. The number of rotatable bonds is 7. The minimum atomic E-state index is 0. The Morgan fingerprint density at radius 2 is 1.93 bits per heavy atom. The molecule has 29 heavy (non-hydrogen) atoms. The number of benzene rings is 1. The van der Waals surface area contributed by atoms with E-state index in [9.17, 15) is 0 Å². The molecule has 3 atom stereocenters. The molecule has 2 saturated heterocycles. The lowest BCUT2D eigenvalue weighted by Crippen LogP contribution is -2.45. The van der Waals surface area contributed by atoms with E-state index in [-0.39, 0.29) is 30.1 Å². The SMILES string of the molecule is CCNC(=NCC(C)N1CCOCC1)NCC1CCCOC1c1ccccc1.I. The topological polar surface area (TPSA) is 58.1 Å². The van der Waals surface area contributed by atoms with Crippen molar-refractivity contribution in [3.05, 3.63) is 35.9 Å². The highest BCUT2D eigenvalue weighted by Gasteiger charge is 2.27. The van der Waals surface area contributed by atoms with E-state index in [2.05, 4.69) is 59.7 Å². The summed E-state index contributed by atoms with van der Waals surface area (Å²) in [6.45, 7) is 11.4. The summed E-state index contributed by atoms with van der Waals surface area (Å²) in [5.41, 5.74) is 1.27. The van der Waals surface area contributed by atoms with Crippen molar-refractivity contribution in [2.45, 2.75) is 38.8 Å². The van der Waals surface area contributed by atoms with E-state index >= 15 is 0 Å². The second kappa shape index (κ2) is 13.4. The van der Waals surface area contributed by atoms with Gasteiger partial charge in [0.05, 0.1) is 25.9 Å². The summed E-state index contributed by atoms with van der Waals surface area (Å²) in [5.74, 6) is 1.36. The molecule has 0 aromatic heterocycles. The van der Waals surface area contributed by atoms with Gasteiger partial charge < -0.3 is 20.1 Å². The highest BCUT2D eigenvalue weighted by molar-refractivity contribution is 14.0. The first-order valence-electron chi connectivity index (χ1n) is 10.8. The van der Waals surface area contributed by atoms with Gasteiger partial charge in [0.15, 0.2) is 5.96 Å². The predicted octanol–water partition coefficient (Wildman–Crippen LogP) is 3.05. The van der Waals surface area contributed by atoms with E-state index in [1.165, 1.54) is 12.0 Å². The van der Waals surface area contributed by atoms with Gasteiger partial charge in [-0.15, -0.1) is 24.0 Å². The Morgan fingerprint density at radius 1 is 1.17 bits per heavy atom. The molecule has 2 N–H and O–H groups in total. The van der Waals surface area contributed by atoms with Crippen LogP contribution in [0.3, 0.4) is 0 Å². The molecule has 2 heterocycles. The van der Waals surface area contributed by atoms with Gasteiger partial charge in [0, 0.05) is 44.7 Å². The fourth-order valence-corrected chi connectivity index (χ4v) is 3.99. The van der Waals surface area contributed by atoms with Crippen LogP contribution in [0, 0.1) is 5.92 Å². The summed E-state index contributed by atoms with van der Waals surface area (Å²) < 4.78 is 11.6. The molecule has 0 aliphatic carbocycles. The molecule has 1 aromatic carbocycles. The number of hydrogen-bond donors (Lipinski definition) is 2. The number of hydrogen-bond acceptors (Lipinski definition) is 4. The summed E-state index contributed by atoms with van der Waals surface area (Å²) in [4.78, 5) is 7.30. The molecule has 164 valence electrons. The molecule has 1 aromatic rings. The summed E-state index contributed by atoms with van der Waals surface area (Å²) in [6.07, 6.45) is 2.46. The average molecular weight is 516 g/mol. The quantitative estimate of drug-likeness (QED) is 0.332. The molecule has 0 spiro atoms. The molecule has 6 nitrogen and oxygen atoms in total. The van der Waals surface area contributed by atoms with Crippen LogP contribution in [0.2, 0.25) is 0 Å². The Balaban J connectivity index is 0.00000300. The van der Waals surface area contributed by atoms with Gasteiger partial charge in [0.2, 0.25) is 0 Å². The van der Waals surface area contributed by atoms with Gasteiger partial charge in [-0.1, -0.05) is 30.3 Å². The largest absolute Gasteiger partial charge is 0.379 e. The zero-order chi connectivity index (χ0) is 19.6. The summed E-state index contributed by atoms with van der Waals surface area (Å²) in [5, 5.41) is 6.95.